The Bertz CT molecular complexity index is 526. The van der Waals surface area contributed by atoms with E-state index >= 15 is 0 Å². The van der Waals surface area contributed by atoms with Crippen LogP contribution in [0.2, 0.25) is 5.02 Å². The lowest BCUT2D eigenvalue weighted by Crippen LogP contribution is -2.26. The summed E-state index contributed by atoms with van der Waals surface area (Å²) < 4.78 is 1.01. The lowest BCUT2D eigenvalue weighted by atomic mass is 10.3. The Balaban J connectivity index is 2.16. The van der Waals surface area contributed by atoms with E-state index in [9.17, 15) is 4.79 Å². The second-order valence-corrected chi connectivity index (χ2v) is 4.62. The third-order valence-corrected chi connectivity index (χ3v) is 3.24. The molecule has 16 heavy (non-hydrogen) atoms. The summed E-state index contributed by atoms with van der Waals surface area (Å²) in [5.41, 5.74) is 0.883. The van der Waals surface area contributed by atoms with Crippen molar-refractivity contribution in [2.75, 3.05) is 18.9 Å². The van der Waals surface area contributed by atoms with Crippen molar-refractivity contribution in [1.29, 1.82) is 0 Å². The van der Waals surface area contributed by atoms with Crippen LogP contribution >= 0.6 is 22.9 Å². The monoisotopic (exact) mass is 255 g/mol. The first kappa shape index (κ1) is 11.2. The number of benzene rings is 1. The highest BCUT2D eigenvalue weighted by Crippen LogP contribution is 2.27. The first-order valence-electron chi connectivity index (χ1n) is 4.69. The first-order chi connectivity index (χ1) is 7.69. The van der Waals surface area contributed by atoms with Crippen LogP contribution in [0.4, 0.5) is 5.13 Å². The van der Waals surface area contributed by atoms with Gasteiger partial charge in [0.05, 0.1) is 16.8 Å². The van der Waals surface area contributed by atoms with Crippen molar-refractivity contribution >= 4 is 44.2 Å². The van der Waals surface area contributed by atoms with E-state index in [4.69, 9.17) is 11.6 Å². The first-order valence-corrected chi connectivity index (χ1v) is 5.89. The molecule has 0 unspecified atom stereocenters. The number of halogens is 1. The van der Waals surface area contributed by atoms with Gasteiger partial charge in [0.15, 0.2) is 5.13 Å². The van der Waals surface area contributed by atoms with Crippen molar-refractivity contribution < 1.29 is 4.79 Å². The maximum Gasteiger partial charge on any atom is 0.239 e. The Morgan fingerprint density at radius 3 is 3.12 bits per heavy atom. The molecule has 0 aliphatic rings. The van der Waals surface area contributed by atoms with Crippen LogP contribution in [0, 0.1) is 0 Å². The Morgan fingerprint density at radius 2 is 2.38 bits per heavy atom. The molecule has 1 amide bonds. The Hall–Kier alpha value is -1.33. The van der Waals surface area contributed by atoms with Crippen LogP contribution in [-0.4, -0.2) is 24.5 Å². The molecule has 0 aliphatic carbocycles. The van der Waals surface area contributed by atoms with Crippen molar-refractivity contribution in [3.8, 4) is 0 Å². The van der Waals surface area contributed by atoms with Gasteiger partial charge in [0.2, 0.25) is 5.91 Å². The van der Waals surface area contributed by atoms with Crippen LogP contribution in [0.5, 0.6) is 0 Å². The molecule has 0 fully saturated rings. The van der Waals surface area contributed by atoms with Crippen molar-refractivity contribution in [3.05, 3.63) is 23.2 Å². The van der Waals surface area contributed by atoms with Gasteiger partial charge in [0.25, 0.3) is 0 Å². The number of carbonyl (C=O) groups is 1. The molecule has 6 heteroatoms. The van der Waals surface area contributed by atoms with Gasteiger partial charge in [-0.15, -0.1) is 0 Å². The van der Waals surface area contributed by atoms with E-state index < -0.39 is 0 Å². The number of fused-ring (bicyclic) bond motifs is 1. The van der Waals surface area contributed by atoms with Crippen LogP contribution in [0.3, 0.4) is 0 Å². The smallest absolute Gasteiger partial charge is 0.239 e. The van der Waals surface area contributed by atoms with E-state index in [2.05, 4.69) is 15.6 Å². The summed E-state index contributed by atoms with van der Waals surface area (Å²) >= 11 is 7.35. The number of nitrogens with one attached hydrogen (secondary N) is 2. The third-order valence-electron chi connectivity index (χ3n) is 2.03. The number of nitrogens with zero attached hydrogens (tertiary/aromatic N) is 1. The van der Waals surface area contributed by atoms with Crippen molar-refractivity contribution in [3.63, 3.8) is 0 Å². The molecule has 1 heterocycles. The number of rotatable bonds is 3. The Morgan fingerprint density at radius 1 is 1.56 bits per heavy atom. The summed E-state index contributed by atoms with van der Waals surface area (Å²) in [5.74, 6) is -0.0720. The number of hydrogen-bond donors (Lipinski definition) is 2. The molecule has 0 spiro atoms. The van der Waals surface area contributed by atoms with E-state index in [0.29, 0.717) is 5.02 Å². The average Bonchev–Trinajstić information content (AvgIpc) is 2.67. The van der Waals surface area contributed by atoms with Gasteiger partial charge in [-0.2, -0.15) is 0 Å². The summed E-state index contributed by atoms with van der Waals surface area (Å²) in [4.78, 5) is 15.4. The lowest BCUT2D eigenvalue weighted by Gasteiger charge is -1.99. The van der Waals surface area contributed by atoms with E-state index in [-0.39, 0.29) is 12.5 Å². The number of amides is 1. The summed E-state index contributed by atoms with van der Waals surface area (Å²) in [7, 11) is 1.60. The molecule has 84 valence electrons. The van der Waals surface area contributed by atoms with Crippen LogP contribution in [0.25, 0.3) is 10.2 Å². The molecule has 4 nitrogen and oxygen atoms in total. The minimum Gasteiger partial charge on any atom is -0.358 e. The normalized spacial score (nSPS) is 10.4. The van der Waals surface area contributed by atoms with E-state index in [1.165, 1.54) is 11.3 Å². The van der Waals surface area contributed by atoms with Gasteiger partial charge in [0, 0.05) is 12.1 Å². The standard InChI is InChI=1S/C10H10ClN3OS/c1-12-9(15)5-13-10-14-7-3-2-6(11)4-8(7)16-10/h2-4H,5H2,1H3,(H,12,15)(H,13,14). The summed E-state index contributed by atoms with van der Waals surface area (Å²) in [6, 6.07) is 5.52. The van der Waals surface area contributed by atoms with Crippen LogP contribution in [0.15, 0.2) is 18.2 Å². The lowest BCUT2D eigenvalue weighted by molar-refractivity contribution is -0.118. The molecule has 0 radical (unpaired) electrons. The molecule has 0 saturated heterocycles. The molecule has 0 atom stereocenters. The maximum absolute atomic E-state index is 11.0. The highest BCUT2D eigenvalue weighted by molar-refractivity contribution is 7.22. The molecule has 2 rings (SSSR count). The van der Waals surface area contributed by atoms with Gasteiger partial charge >= 0.3 is 0 Å². The predicted octanol–water partition coefficient (Wildman–Crippen LogP) is 2.11. The fourth-order valence-electron chi connectivity index (χ4n) is 1.22. The van der Waals surface area contributed by atoms with E-state index in [0.717, 1.165) is 15.3 Å². The largest absolute Gasteiger partial charge is 0.358 e. The second-order valence-electron chi connectivity index (χ2n) is 3.16. The fraction of sp³-hybridized carbons (Fsp3) is 0.200. The van der Waals surface area contributed by atoms with Gasteiger partial charge in [-0.25, -0.2) is 4.98 Å². The molecule has 0 bridgehead atoms. The van der Waals surface area contributed by atoms with Crippen LogP contribution in [-0.2, 0) is 4.79 Å². The summed E-state index contributed by atoms with van der Waals surface area (Å²) in [6.45, 7) is 0.226. The fourth-order valence-corrected chi connectivity index (χ4v) is 2.36. The number of anilines is 1. The molecule has 1 aromatic carbocycles. The zero-order chi connectivity index (χ0) is 11.5. The van der Waals surface area contributed by atoms with E-state index in [1.54, 1.807) is 13.1 Å². The number of carbonyl (C=O) groups excluding carboxylic acids is 1. The minimum absolute atomic E-state index is 0.0720. The molecular formula is C10H10ClN3OS. The minimum atomic E-state index is -0.0720. The SMILES string of the molecule is CNC(=O)CNc1nc2ccc(Cl)cc2s1. The van der Waals surface area contributed by atoms with Crippen molar-refractivity contribution in [2.45, 2.75) is 0 Å². The van der Waals surface area contributed by atoms with Gasteiger partial charge in [-0.1, -0.05) is 22.9 Å². The van der Waals surface area contributed by atoms with Crippen molar-refractivity contribution in [1.82, 2.24) is 10.3 Å². The van der Waals surface area contributed by atoms with Gasteiger partial charge in [-0.05, 0) is 18.2 Å². The number of thiazole rings is 1. The zero-order valence-corrected chi connectivity index (χ0v) is 10.2. The Labute approximate surface area is 102 Å². The highest BCUT2D eigenvalue weighted by atomic mass is 35.5. The van der Waals surface area contributed by atoms with Crippen LogP contribution in [0.1, 0.15) is 0 Å². The molecule has 2 N–H and O–H groups in total. The molecule has 0 aliphatic heterocycles. The highest BCUT2D eigenvalue weighted by Gasteiger charge is 2.05. The second kappa shape index (κ2) is 4.67. The molecular weight excluding hydrogens is 246 g/mol. The summed E-state index contributed by atoms with van der Waals surface area (Å²) in [5, 5.41) is 6.90. The van der Waals surface area contributed by atoms with Crippen molar-refractivity contribution in [2.24, 2.45) is 0 Å². The molecule has 1 aromatic heterocycles. The quantitative estimate of drug-likeness (QED) is 0.883. The van der Waals surface area contributed by atoms with Gasteiger partial charge in [-0.3, -0.25) is 4.79 Å². The van der Waals surface area contributed by atoms with Gasteiger partial charge < -0.3 is 10.6 Å². The number of aromatic nitrogens is 1. The van der Waals surface area contributed by atoms with Crippen LogP contribution < -0.4 is 10.6 Å². The topological polar surface area (TPSA) is 54.0 Å². The third kappa shape index (κ3) is 2.43. The Kier molecular flexibility index (Phi) is 3.26. The van der Waals surface area contributed by atoms with Gasteiger partial charge in [0.1, 0.15) is 0 Å². The average molecular weight is 256 g/mol. The maximum atomic E-state index is 11.0. The predicted molar refractivity (Wildman–Crippen MR) is 67.2 cm³/mol. The van der Waals surface area contributed by atoms with E-state index in [1.807, 2.05) is 12.1 Å². The number of likely N-dealkylation sites (N-methyl/N-ethyl adjacent to an activating group) is 1. The molecule has 0 saturated carbocycles. The summed E-state index contributed by atoms with van der Waals surface area (Å²) in [6.07, 6.45) is 0. The zero-order valence-electron chi connectivity index (χ0n) is 8.58. The number of hydrogen-bond acceptors (Lipinski definition) is 4. The molecule has 2 aromatic rings.